The monoisotopic (exact) mass is 326 g/mol. The number of nitrogens with one attached hydrogen (secondary N) is 1. The number of anilines is 1. The highest BCUT2D eigenvalue weighted by molar-refractivity contribution is 5.92. The van der Waals surface area contributed by atoms with Crippen LogP contribution >= 0.6 is 0 Å². The van der Waals surface area contributed by atoms with Crippen LogP contribution in [0.25, 0.3) is 0 Å². The maximum absolute atomic E-state index is 12.5. The van der Waals surface area contributed by atoms with Gasteiger partial charge in [-0.1, -0.05) is 48.5 Å². The quantitative estimate of drug-likeness (QED) is 0.783. The first-order chi connectivity index (χ1) is 11.6. The average Bonchev–Trinajstić information content (AvgIpc) is 2.57. The van der Waals surface area contributed by atoms with E-state index >= 15 is 0 Å². The molecule has 128 valence electrons. The average molecular weight is 326 g/mol. The molecule has 0 saturated heterocycles. The fourth-order valence-electron chi connectivity index (χ4n) is 2.64. The van der Waals surface area contributed by atoms with E-state index in [1.54, 1.807) is 0 Å². The number of amides is 1. The summed E-state index contributed by atoms with van der Waals surface area (Å²) in [6.45, 7) is 5.12. The molecule has 24 heavy (non-hydrogen) atoms. The van der Waals surface area contributed by atoms with Crippen molar-refractivity contribution in [3.8, 4) is 0 Å². The fourth-order valence-corrected chi connectivity index (χ4v) is 2.64. The first kappa shape index (κ1) is 18.2. The molecule has 0 aliphatic heterocycles. The molecule has 1 atom stereocenters. The summed E-state index contributed by atoms with van der Waals surface area (Å²) in [7, 11) is 0. The lowest BCUT2D eigenvalue weighted by Crippen LogP contribution is -2.39. The lowest BCUT2D eigenvalue weighted by Gasteiger charge is -2.28. The predicted octanol–water partition coefficient (Wildman–Crippen LogP) is 3.21. The van der Waals surface area contributed by atoms with Crippen molar-refractivity contribution >= 4 is 11.6 Å². The van der Waals surface area contributed by atoms with Crippen molar-refractivity contribution in [2.45, 2.75) is 32.9 Å². The molecule has 4 heteroatoms. The molecule has 0 fully saturated rings. The number of benzene rings is 2. The van der Waals surface area contributed by atoms with Crippen LogP contribution in [-0.2, 0) is 11.3 Å². The molecule has 1 unspecified atom stereocenters. The first-order valence-corrected chi connectivity index (χ1v) is 8.34. The number of aliphatic hydroxyl groups excluding tert-OH is 1. The predicted molar refractivity (Wildman–Crippen MR) is 97.8 cm³/mol. The number of hydrogen-bond acceptors (Lipinski definition) is 3. The number of carbonyl (C=O) groups excluding carboxylic acids is 1. The van der Waals surface area contributed by atoms with Crippen molar-refractivity contribution in [1.82, 2.24) is 4.90 Å². The SMILES string of the molecule is Cc1ccccc1NC(=O)CN(Cc1ccccc1)C(C)CCO. The van der Waals surface area contributed by atoms with Crippen molar-refractivity contribution in [2.24, 2.45) is 0 Å². The van der Waals surface area contributed by atoms with Crippen LogP contribution in [0.3, 0.4) is 0 Å². The van der Waals surface area contributed by atoms with Crippen molar-refractivity contribution in [2.75, 3.05) is 18.5 Å². The molecule has 0 aromatic heterocycles. The van der Waals surface area contributed by atoms with Crippen LogP contribution in [0.15, 0.2) is 54.6 Å². The van der Waals surface area contributed by atoms with E-state index in [0.717, 1.165) is 16.8 Å². The fraction of sp³-hybridized carbons (Fsp3) is 0.350. The van der Waals surface area contributed by atoms with Gasteiger partial charge >= 0.3 is 0 Å². The third-order valence-corrected chi connectivity index (χ3v) is 4.16. The number of hydrogen-bond donors (Lipinski definition) is 2. The zero-order chi connectivity index (χ0) is 17.4. The molecule has 1 amide bonds. The van der Waals surface area contributed by atoms with Gasteiger partial charge in [-0.3, -0.25) is 9.69 Å². The van der Waals surface area contributed by atoms with Gasteiger partial charge in [-0.05, 0) is 37.5 Å². The van der Waals surface area contributed by atoms with E-state index in [0.29, 0.717) is 19.5 Å². The molecule has 2 rings (SSSR count). The van der Waals surface area contributed by atoms with Gasteiger partial charge in [0.2, 0.25) is 5.91 Å². The zero-order valence-corrected chi connectivity index (χ0v) is 14.4. The van der Waals surface area contributed by atoms with E-state index in [1.165, 1.54) is 0 Å². The highest BCUT2D eigenvalue weighted by Gasteiger charge is 2.18. The van der Waals surface area contributed by atoms with Gasteiger partial charge in [0.15, 0.2) is 0 Å². The largest absolute Gasteiger partial charge is 0.396 e. The summed E-state index contributed by atoms with van der Waals surface area (Å²) in [5.74, 6) is -0.0370. The molecule has 0 radical (unpaired) electrons. The summed E-state index contributed by atoms with van der Waals surface area (Å²) in [6, 6.07) is 18.0. The summed E-state index contributed by atoms with van der Waals surface area (Å²) in [5, 5.41) is 12.2. The number of rotatable bonds is 8. The first-order valence-electron chi connectivity index (χ1n) is 8.34. The topological polar surface area (TPSA) is 52.6 Å². The smallest absolute Gasteiger partial charge is 0.238 e. The molecule has 2 N–H and O–H groups in total. The lowest BCUT2D eigenvalue weighted by atomic mass is 10.1. The third kappa shape index (κ3) is 5.48. The molecule has 0 aliphatic rings. The minimum atomic E-state index is -0.0370. The van der Waals surface area contributed by atoms with Crippen molar-refractivity contribution in [3.05, 3.63) is 65.7 Å². The highest BCUT2D eigenvalue weighted by atomic mass is 16.3. The summed E-state index contributed by atoms with van der Waals surface area (Å²) in [6.07, 6.45) is 0.643. The molecular formula is C20H26N2O2. The Kier molecular flexibility index (Phi) is 6.97. The Morgan fingerprint density at radius 3 is 2.46 bits per heavy atom. The molecule has 2 aromatic rings. The van der Waals surface area contributed by atoms with Crippen LogP contribution in [0.1, 0.15) is 24.5 Å². The van der Waals surface area contributed by atoms with E-state index in [-0.39, 0.29) is 18.6 Å². The highest BCUT2D eigenvalue weighted by Crippen LogP contribution is 2.15. The van der Waals surface area contributed by atoms with Crippen molar-refractivity contribution in [3.63, 3.8) is 0 Å². The molecule has 0 spiro atoms. The molecule has 2 aromatic carbocycles. The van der Waals surface area contributed by atoms with Gasteiger partial charge < -0.3 is 10.4 Å². The minimum Gasteiger partial charge on any atom is -0.396 e. The van der Waals surface area contributed by atoms with Gasteiger partial charge in [-0.15, -0.1) is 0 Å². The maximum Gasteiger partial charge on any atom is 0.238 e. The summed E-state index contributed by atoms with van der Waals surface area (Å²) in [5.41, 5.74) is 3.05. The molecule has 0 heterocycles. The molecule has 0 aliphatic carbocycles. The van der Waals surface area contributed by atoms with Crippen LogP contribution in [0, 0.1) is 6.92 Å². The number of nitrogens with zero attached hydrogens (tertiary/aromatic N) is 1. The molecule has 0 bridgehead atoms. The Hall–Kier alpha value is -2.17. The summed E-state index contributed by atoms with van der Waals surface area (Å²) >= 11 is 0. The summed E-state index contributed by atoms with van der Waals surface area (Å²) in [4.78, 5) is 14.6. The van der Waals surface area contributed by atoms with E-state index in [4.69, 9.17) is 0 Å². The van der Waals surface area contributed by atoms with Crippen LogP contribution in [0.4, 0.5) is 5.69 Å². The van der Waals surface area contributed by atoms with E-state index in [9.17, 15) is 9.90 Å². The second kappa shape index (κ2) is 9.21. The second-order valence-corrected chi connectivity index (χ2v) is 6.11. The normalized spacial score (nSPS) is 12.2. The van der Waals surface area contributed by atoms with E-state index in [2.05, 4.69) is 22.3 Å². The maximum atomic E-state index is 12.5. The number of aliphatic hydroxyl groups is 1. The standard InChI is InChI=1S/C20H26N2O2/c1-16-8-6-7-11-19(16)21-20(24)15-22(17(2)12-13-23)14-18-9-4-3-5-10-18/h3-11,17,23H,12-15H2,1-2H3,(H,21,24). The van der Waals surface area contributed by atoms with Gasteiger partial charge in [0.25, 0.3) is 0 Å². The van der Waals surface area contributed by atoms with Crippen LogP contribution in [0.2, 0.25) is 0 Å². The van der Waals surface area contributed by atoms with Gasteiger partial charge in [0.05, 0.1) is 6.54 Å². The molecule has 0 saturated carbocycles. The second-order valence-electron chi connectivity index (χ2n) is 6.11. The Morgan fingerprint density at radius 1 is 1.12 bits per heavy atom. The van der Waals surface area contributed by atoms with Crippen LogP contribution in [0.5, 0.6) is 0 Å². The zero-order valence-electron chi connectivity index (χ0n) is 14.4. The van der Waals surface area contributed by atoms with E-state index in [1.807, 2.05) is 56.3 Å². The Balaban J connectivity index is 2.04. The van der Waals surface area contributed by atoms with Gasteiger partial charge in [0, 0.05) is 24.9 Å². The van der Waals surface area contributed by atoms with Gasteiger partial charge in [0.1, 0.15) is 0 Å². The van der Waals surface area contributed by atoms with Gasteiger partial charge in [-0.25, -0.2) is 0 Å². The summed E-state index contributed by atoms with van der Waals surface area (Å²) < 4.78 is 0. The number of para-hydroxylation sites is 1. The van der Waals surface area contributed by atoms with Gasteiger partial charge in [-0.2, -0.15) is 0 Å². The van der Waals surface area contributed by atoms with Crippen LogP contribution < -0.4 is 5.32 Å². The Bertz CT molecular complexity index is 643. The van der Waals surface area contributed by atoms with Crippen molar-refractivity contribution < 1.29 is 9.90 Å². The van der Waals surface area contributed by atoms with Crippen LogP contribution in [-0.4, -0.2) is 35.1 Å². The molecular weight excluding hydrogens is 300 g/mol. The Morgan fingerprint density at radius 2 is 1.79 bits per heavy atom. The Labute approximate surface area is 144 Å². The lowest BCUT2D eigenvalue weighted by molar-refractivity contribution is -0.118. The van der Waals surface area contributed by atoms with E-state index < -0.39 is 0 Å². The number of aryl methyl sites for hydroxylation is 1. The molecule has 4 nitrogen and oxygen atoms in total. The third-order valence-electron chi connectivity index (χ3n) is 4.16. The van der Waals surface area contributed by atoms with Crippen molar-refractivity contribution in [1.29, 1.82) is 0 Å². The number of carbonyl (C=O) groups is 1. The minimum absolute atomic E-state index is 0.0370.